The van der Waals surface area contributed by atoms with Gasteiger partial charge in [-0.2, -0.15) is 0 Å². The maximum absolute atomic E-state index is 14.5. The second kappa shape index (κ2) is 7.26. The van der Waals surface area contributed by atoms with Crippen molar-refractivity contribution in [3.63, 3.8) is 0 Å². The number of benzene rings is 2. The van der Waals surface area contributed by atoms with Crippen molar-refractivity contribution in [3.8, 4) is 0 Å². The minimum absolute atomic E-state index is 0.143. The molecule has 3 aromatic rings. The summed E-state index contributed by atoms with van der Waals surface area (Å²) in [4.78, 5) is 26.6. The van der Waals surface area contributed by atoms with Gasteiger partial charge < -0.3 is 9.52 Å². The number of aliphatic hydroxyl groups excluding tert-OH is 1. The van der Waals surface area contributed by atoms with Crippen LogP contribution in [0.3, 0.4) is 0 Å². The third-order valence-electron chi connectivity index (χ3n) is 4.97. The van der Waals surface area contributed by atoms with E-state index in [9.17, 15) is 23.5 Å². The van der Waals surface area contributed by atoms with Crippen LogP contribution in [0.25, 0.3) is 5.76 Å². The Bertz CT molecular complexity index is 1190. The van der Waals surface area contributed by atoms with E-state index in [4.69, 9.17) is 4.42 Å². The number of aryl methyl sites for hydroxylation is 2. The number of carbonyl (C=O) groups is 2. The van der Waals surface area contributed by atoms with Gasteiger partial charge in [-0.25, -0.2) is 8.78 Å². The highest BCUT2D eigenvalue weighted by Gasteiger charge is 2.49. The van der Waals surface area contributed by atoms with Crippen molar-refractivity contribution >= 4 is 23.1 Å². The Labute approximate surface area is 170 Å². The van der Waals surface area contributed by atoms with Gasteiger partial charge in [-0.3, -0.25) is 14.5 Å². The van der Waals surface area contributed by atoms with Gasteiger partial charge in [-0.05, 0) is 38.1 Å². The first-order chi connectivity index (χ1) is 14.3. The standard InChI is InChI=1S/C23H17F2NO4/c1-12-3-6-14(7-4-12)21(27)19-20(18-10-5-13(2)30-18)26(23(29)22(19)28)17-11-15(24)8-9-16(17)25/h3-11,20,27H,1-2H3/b21-19-. The van der Waals surface area contributed by atoms with Crippen LogP contribution < -0.4 is 4.90 Å². The van der Waals surface area contributed by atoms with Crippen LogP contribution in [-0.4, -0.2) is 16.8 Å². The van der Waals surface area contributed by atoms with Crippen molar-refractivity contribution < 1.29 is 27.9 Å². The summed E-state index contributed by atoms with van der Waals surface area (Å²) in [6.45, 7) is 3.53. The molecule has 2 aromatic carbocycles. The Morgan fingerprint density at radius 1 is 1.00 bits per heavy atom. The zero-order valence-electron chi connectivity index (χ0n) is 16.1. The minimum atomic E-state index is -1.25. The molecule has 1 fully saturated rings. The number of anilines is 1. The van der Waals surface area contributed by atoms with Crippen molar-refractivity contribution in [2.75, 3.05) is 4.90 Å². The minimum Gasteiger partial charge on any atom is -0.507 e. The number of Topliss-reactive ketones (excluding diaryl/α,β-unsaturated/α-hetero) is 1. The molecule has 152 valence electrons. The van der Waals surface area contributed by atoms with Crippen LogP contribution >= 0.6 is 0 Å². The summed E-state index contributed by atoms with van der Waals surface area (Å²) in [5, 5.41) is 10.9. The van der Waals surface area contributed by atoms with Crippen LogP contribution in [0.1, 0.15) is 28.7 Å². The molecule has 0 bridgehead atoms. The highest BCUT2D eigenvalue weighted by molar-refractivity contribution is 6.51. The number of hydrogen-bond acceptors (Lipinski definition) is 4. The molecule has 0 aliphatic carbocycles. The maximum Gasteiger partial charge on any atom is 0.300 e. The molecule has 1 saturated heterocycles. The molecule has 0 saturated carbocycles. The summed E-state index contributed by atoms with van der Waals surface area (Å²) in [6, 6.07) is 11.2. The number of halogens is 2. The first-order valence-electron chi connectivity index (χ1n) is 9.17. The van der Waals surface area contributed by atoms with Crippen LogP contribution in [0.4, 0.5) is 14.5 Å². The lowest BCUT2D eigenvalue weighted by molar-refractivity contribution is -0.132. The molecular formula is C23H17F2NO4. The average Bonchev–Trinajstić information content (AvgIpc) is 3.25. The average molecular weight is 409 g/mol. The van der Waals surface area contributed by atoms with Gasteiger partial charge in [0.1, 0.15) is 35.0 Å². The van der Waals surface area contributed by atoms with E-state index < -0.39 is 40.8 Å². The Kier molecular flexibility index (Phi) is 4.73. The maximum atomic E-state index is 14.5. The molecule has 0 spiro atoms. The molecule has 1 atom stereocenters. The predicted molar refractivity (Wildman–Crippen MR) is 106 cm³/mol. The van der Waals surface area contributed by atoms with Gasteiger partial charge in [-0.1, -0.05) is 29.8 Å². The van der Waals surface area contributed by atoms with E-state index >= 15 is 0 Å². The second-order valence-corrected chi connectivity index (χ2v) is 7.08. The Morgan fingerprint density at radius 3 is 2.33 bits per heavy atom. The lowest BCUT2D eigenvalue weighted by atomic mass is 9.98. The molecule has 1 unspecified atom stereocenters. The van der Waals surface area contributed by atoms with E-state index in [1.165, 1.54) is 6.07 Å². The summed E-state index contributed by atoms with van der Waals surface area (Å²) in [7, 11) is 0. The first-order valence-corrected chi connectivity index (χ1v) is 9.17. The Morgan fingerprint density at radius 2 is 1.70 bits per heavy atom. The molecule has 30 heavy (non-hydrogen) atoms. The van der Waals surface area contributed by atoms with Crippen molar-refractivity contribution in [2.24, 2.45) is 0 Å². The fraction of sp³-hybridized carbons (Fsp3) is 0.130. The monoisotopic (exact) mass is 409 g/mol. The molecule has 2 heterocycles. The highest BCUT2D eigenvalue weighted by atomic mass is 19.1. The van der Waals surface area contributed by atoms with Gasteiger partial charge in [0.05, 0.1) is 11.3 Å². The van der Waals surface area contributed by atoms with Crippen LogP contribution in [0.5, 0.6) is 0 Å². The van der Waals surface area contributed by atoms with Gasteiger partial charge in [-0.15, -0.1) is 0 Å². The fourth-order valence-corrected chi connectivity index (χ4v) is 3.49. The number of carbonyl (C=O) groups excluding carboxylic acids is 2. The normalized spacial score (nSPS) is 18.3. The largest absolute Gasteiger partial charge is 0.507 e. The molecule has 1 aromatic heterocycles. The van der Waals surface area contributed by atoms with Gasteiger partial charge in [0.15, 0.2) is 0 Å². The second-order valence-electron chi connectivity index (χ2n) is 7.08. The zero-order chi connectivity index (χ0) is 21.6. The zero-order valence-corrected chi connectivity index (χ0v) is 16.1. The number of nitrogens with zero attached hydrogens (tertiary/aromatic N) is 1. The van der Waals surface area contributed by atoms with Crippen molar-refractivity contribution in [1.82, 2.24) is 0 Å². The number of amides is 1. The van der Waals surface area contributed by atoms with E-state index in [1.54, 1.807) is 37.3 Å². The molecule has 4 rings (SSSR count). The Balaban J connectivity index is 1.97. The van der Waals surface area contributed by atoms with Gasteiger partial charge in [0, 0.05) is 11.6 Å². The van der Waals surface area contributed by atoms with E-state index in [0.717, 1.165) is 28.7 Å². The number of rotatable bonds is 3. The SMILES string of the molecule is Cc1ccc(/C(O)=C2/C(=O)C(=O)N(c3cc(F)ccc3F)C2c2ccc(C)o2)cc1. The molecule has 5 nitrogen and oxygen atoms in total. The molecule has 1 aliphatic rings. The number of ketones is 1. The topological polar surface area (TPSA) is 70.8 Å². The number of furan rings is 1. The number of hydrogen-bond donors (Lipinski definition) is 1. The van der Waals surface area contributed by atoms with Crippen molar-refractivity contribution in [1.29, 1.82) is 0 Å². The van der Waals surface area contributed by atoms with Gasteiger partial charge in [0.2, 0.25) is 0 Å². The quantitative estimate of drug-likeness (QED) is 0.383. The fourth-order valence-electron chi connectivity index (χ4n) is 3.49. The lowest BCUT2D eigenvalue weighted by Crippen LogP contribution is -2.30. The van der Waals surface area contributed by atoms with Crippen LogP contribution in [0.15, 0.2) is 64.6 Å². The highest BCUT2D eigenvalue weighted by Crippen LogP contribution is 2.43. The number of aliphatic hydroxyl groups is 1. The predicted octanol–water partition coefficient (Wildman–Crippen LogP) is 4.80. The summed E-state index contributed by atoms with van der Waals surface area (Å²) < 4.78 is 34.0. The summed E-state index contributed by atoms with van der Waals surface area (Å²) in [5.41, 5.74) is 0.569. The summed E-state index contributed by atoms with van der Waals surface area (Å²) >= 11 is 0. The Hall–Kier alpha value is -3.74. The third kappa shape index (κ3) is 3.18. The van der Waals surface area contributed by atoms with Crippen molar-refractivity contribution in [3.05, 3.63) is 94.5 Å². The molecule has 1 amide bonds. The summed E-state index contributed by atoms with van der Waals surface area (Å²) in [5.74, 6) is -3.56. The molecule has 1 aliphatic heterocycles. The van der Waals surface area contributed by atoms with Crippen LogP contribution in [0.2, 0.25) is 0 Å². The molecular weight excluding hydrogens is 392 g/mol. The lowest BCUT2D eigenvalue weighted by Gasteiger charge is -2.23. The first kappa shape index (κ1) is 19.6. The van der Waals surface area contributed by atoms with Crippen LogP contribution in [-0.2, 0) is 9.59 Å². The van der Waals surface area contributed by atoms with Crippen LogP contribution in [0, 0.1) is 25.5 Å². The smallest absolute Gasteiger partial charge is 0.300 e. The van der Waals surface area contributed by atoms with E-state index in [-0.39, 0.29) is 11.3 Å². The van der Waals surface area contributed by atoms with Crippen molar-refractivity contribution in [2.45, 2.75) is 19.9 Å². The van der Waals surface area contributed by atoms with E-state index in [0.29, 0.717) is 11.3 Å². The summed E-state index contributed by atoms with van der Waals surface area (Å²) in [6.07, 6.45) is 0. The molecule has 7 heteroatoms. The molecule has 0 radical (unpaired) electrons. The third-order valence-corrected chi connectivity index (χ3v) is 4.97. The van der Waals surface area contributed by atoms with E-state index in [1.807, 2.05) is 6.92 Å². The van der Waals surface area contributed by atoms with E-state index in [2.05, 4.69) is 0 Å². The van der Waals surface area contributed by atoms with Gasteiger partial charge in [0.25, 0.3) is 11.7 Å². The van der Waals surface area contributed by atoms with Gasteiger partial charge >= 0.3 is 0 Å². The molecule has 1 N–H and O–H groups in total.